The standard InChI is InChI=1S/C18H20O6/c1-3-21-17(20)16(24-14(2)19)10-7-11-18(22-12-13-23-18)15-8-5-4-6-9-15/h4-11H,3,12-13H2,1-2H3/b11-7+,16-10-. The average molecular weight is 332 g/mol. The van der Waals surface area contributed by atoms with Crippen molar-refractivity contribution in [3.8, 4) is 0 Å². The molecule has 24 heavy (non-hydrogen) atoms. The second-order valence-electron chi connectivity index (χ2n) is 4.93. The summed E-state index contributed by atoms with van der Waals surface area (Å²) < 4.78 is 21.2. The van der Waals surface area contributed by atoms with Gasteiger partial charge in [-0.3, -0.25) is 4.79 Å². The van der Waals surface area contributed by atoms with Crippen molar-refractivity contribution in [2.24, 2.45) is 0 Å². The molecule has 0 spiro atoms. The number of benzene rings is 1. The molecule has 1 aromatic rings. The SMILES string of the molecule is CCOC(=O)/C(=C/C=C/C1(c2ccccc2)OCCO1)OC(C)=O. The van der Waals surface area contributed by atoms with Crippen molar-refractivity contribution in [1.29, 1.82) is 0 Å². The zero-order valence-corrected chi connectivity index (χ0v) is 13.7. The molecule has 1 aliphatic rings. The molecule has 2 rings (SSSR count). The highest BCUT2D eigenvalue weighted by Gasteiger charge is 2.35. The van der Waals surface area contributed by atoms with Gasteiger partial charge in [0.1, 0.15) is 0 Å². The largest absolute Gasteiger partial charge is 0.460 e. The monoisotopic (exact) mass is 332 g/mol. The summed E-state index contributed by atoms with van der Waals surface area (Å²) in [6.45, 7) is 3.98. The van der Waals surface area contributed by atoms with Gasteiger partial charge in [-0.2, -0.15) is 0 Å². The van der Waals surface area contributed by atoms with E-state index in [4.69, 9.17) is 18.9 Å². The van der Waals surface area contributed by atoms with Crippen LogP contribution in [0, 0.1) is 0 Å². The summed E-state index contributed by atoms with van der Waals surface area (Å²) in [5, 5.41) is 0. The molecule has 6 nitrogen and oxygen atoms in total. The minimum absolute atomic E-state index is 0.182. The Kier molecular flexibility index (Phi) is 6.28. The van der Waals surface area contributed by atoms with Crippen LogP contribution in [0.5, 0.6) is 0 Å². The van der Waals surface area contributed by atoms with Gasteiger partial charge in [-0.15, -0.1) is 0 Å². The maximum atomic E-state index is 11.8. The summed E-state index contributed by atoms with van der Waals surface area (Å²) in [5.41, 5.74) is 0.831. The molecular weight excluding hydrogens is 312 g/mol. The lowest BCUT2D eigenvalue weighted by atomic mass is 10.1. The van der Waals surface area contributed by atoms with Crippen LogP contribution in [0.2, 0.25) is 0 Å². The minimum Gasteiger partial charge on any atom is -0.460 e. The molecule has 0 atom stereocenters. The van der Waals surface area contributed by atoms with E-state index in [9.17, 15) is 9.59 Å². The average Bonchev–Trinajstić information content (AvgIpc) is 3.05. The van der Waals surface area contributed by atoms with Gasteiger partial charge < -0.3 is 18.9 Å². The normalized spacial score (nSPS) is 17.0. The number of hydrogen-bond donors (Lipinski definition) is 0. The highest BCUT2D eigenvalue weighted by molar-refractivity contribution is 5.89. The Morgan fingerprint density at radius 1 is 1.21 bits per heavy atom. The zero-order valence-electron chi connectivity index (χ0n) is 13.7. The maximum absolute atomic E-state index is 11.8. The fraction of sp³-hybridized carbons (Fsp3) is 0.333. The number of rotatable bonds is 6. The van der Waals surface area contributed by atoms with Crippen LogP contribution in [0.1, 0.15) is 19.4 Å². The van der Waals surface area contributed by atoms with Crippen LogP contribution in [-0.2, 0) is 34.3 Å². The zero-order chi connectivity index (χ0) is 17.4. The summed E-state index contributed by atoms with van der Waals surface area (Å²) >= 11 is 0. The Bertz CT molecular complexity index is 626. The van der Waals surface area contributed by atoms with E-state index in [-0.39, 0.29) is 12.4 Å². The number of esters is 2. The minimum atomic E-state index is -1.02. The highest BCUT2D eigenvalue weighted by atomic mass is 16.7. The van der Waals surface area contributed by atoms with Crippen LogP contribution >= 0.6 is 0 Å². The maximum Gasteiger partial charge on any atom is 0.374 e. The summed E-state index contributed by atoms with van der Waals surface area (Å²) in [6.07, 6.45) is 4.57. The summed E-state index contributed by atoms with van der Waals surface area (Å²) in [7, 11) is 0. The molecule has 0 bridgehead atoms. The number of carbonyl (C=O) groups is 2. The van der Waals surface area contributed by atoms with E-state index >= 15 is 0 Å². The van der Waals surface area contributed by atoms with Gasteiger partial charge in [0.15, 0.2) is 0 Å². The van der Waals surface area contributed by atoms with Gasteiger partial charge in [0, 0.05) is 12.5 Å². The predicted octanol–water partition coefficient (Wildman–Crippen LogP) is 2.45. The molecule has 1 aromatic carbocycles. The van der Waals surface area contributed by atoms with Gasteiger partial charge in [0.25, 0.3) is 0 Å². The smallest absolute Gasteiger partial charge is 0.374 e. The quantitative estimate of drug-likeness (QED) is 0.345. The molecule has 6 heteroatoms. The fourth-order valence-electron chi connectivity index (χ4n) is 2.22. The first-order valence-electron chi connectivity index (χ1n) is 7.66. The Morgan fingerprint density at radius 2 is 1.88 bits per heavy atom. The van der Waals surface area contributed by atoms with Gasteiger partial charge in [-0.05, 0) is 19.1 Å². The molecule has 0 amide bonds. The van der Waals surface area contributed by atoms with Crippen molar-refractivity contribution >= 4 is 11.9 Å². The molecule has 0 saturated carbocycles. The topological polar surface area (TPSA) is 71.1 Å². The molecular formula is C18H20O6. The molecule has 128 valence electrons. The molecule has 0 unspecified atom stereocenters. The molecule has 0 aliphatic carbocycles. The predicted molar refractivity (Wildman–Crippen MR) is 85.6 cm³/mol. The van der Waals surface area contributed by atoms with E-state index in [1.165, 1.54) is 13.0 Å². The van der Waals surface area contributed by atoms with Gasteiger partial charge in [0.05, 0.1) is 19.8 Å². The fourth-order valence-corrected chi connectivity index (χ4v) is 2.22. The highest BCUT2D eigenvalue weighted by Crippen LogP contribution is 2.32. The second-order valence-corrected chi connectivity index (χ2v) is 4.93. The van der Waals surface area contributed by atoms with Crippen LogP contribution in [0.15, 0.2) is 54.3 Å². The van der Waals surface area contributed by atoms with Gasteiger partial charge in [0.2, 0.25) is 11.5 Å². The van der Waals surface area contributed by atoms with Crippen molar-refractivity contribution in [3.05, 3.63) is 59.9 Å². The first-order chi connectivity index (χ1) is 11.6. The molecule has 1 saturated heterocycles. The Morgan fingerprint density at radius 3 is 2.46 bits per heavy atom. The van der Waals surface area contributed by atoms with E-state index in [1.54, 1.807) is 19.1 Å². The Labute approximate surface area is 140 Å². The number of carbonyl (C=O) groups excluding carboxylic acids is 2. The Balaban J connectivity index is 2.24. The van der Waals surface area contributed by atoms with E-state index in [1.807, 2.05) is 30.3 Å². The number of allylic oxidation sites excluding steroid dienone is 2. The molecule has 0 radical (unpaired) electrons. The van der Waals surface area contributed by atoms with Gasteiger partial charge >= 0.3 is 11.9 Å². The molecule has 1 aliphatic heterocycles. The van der Waals surface area contributed by atoms with E-state index in [0.29, 0.717) is 13.2 Å². The van der Waals surface area contributed by atoms with Crippen molar-refractivity contribution < 1.29 is 28.5 Å². The van der Waals surface area contributed by atoms with E-state index in [2.05, 4.69) is 0 Å². The molecule has 1 heterocycles. The van der Waals surface area contributed by atoms with Crippen LogP contribution in [-0.4, -0.2) is 31.8 Å². The third kappa shape index (κ3) is 4.53. The van der Waals surface area contributed by atoms with Gasteiger partial charge in [-0.1, -0.05) is 36.4 Å². The molecule has 0 N–H and O–H groups in total. The van der Waals surface area contributed by atoms with Crippen molar-refractivity contribution in [3.63, 3.8) is 0 Å². The van der Waals surface area contributed by atoms with Crippen molar-refractivity contribution in [2.45, 2.75) is 19.6 Å². The second kappa shape index (κ2) is 8.42. The van der Waals surface area contributed by atoms with Crippen LogP contribution in [0.3, 0.4) is 0 Å². The van der Waals surface area contributed by atoms with Crippen LogP contribution in [0.4, 0.5) is 0 Å². The third-order valence-corrected chi connectivity index (χ3v) is 3.19. The first-order valence-corrected chi connectivity index (χ1v) is 7.66. The molecule has 0 aromatic heterocycles. The van der Waals surface area contributed by atoms with Crippen molar-refractivity contribution in [1.82, 2.24) is 0 Å². The lowest BCUT2D eigenvalue weighted by Crippen LogP contribution is -2.24. The summed E-state index contributed by atoms with van der Waals surface area (Å²) in [5.74, 6) is -2.52. The first kappa shape index (κ1) is 17.9. The number of hydrogen-bond acceptors (Lipinski definition) is 6. The lowest BCUT2D eigenvalue weighted by molar-refractivity contribution is -0.150. The van der Waals surface area contributed by atoms with E-state index in [0.717, 1.165) is 5.56 Å². The van der Waals surface area contributed by atoms with Gasteiger partial charge in [-0.25, -0.2) is 4.79 Å². The van der Waals surface area contributed by atoms with Crippen LogP contribution in [0.25, 0.3) is 0 Å². The van der Waals surface area contributed by atoms with E-state index < -0.39 is 17.7 Å². The third-order valence-electron chi connectivity index (χ3n) is 3.19. The Hall–Kier alpha value is -2.44. The summed E-state index contributed by atoms with van der Waals surface area (Å²) in [4.78, 5) is 22.9. The summed E-state index contributed by atoms with van der Waals surface area (Å²) in [6, 6.07) is 9.44. The van der Waals surface area contributed by atoms with Crippen molar-refractivity contribution in [2.75, 3.05) is 19.8 Å². The molecule has 1 fully saturated rings. The number of ether oxygens (including phenoxy) is 4. The lowest BCUT2D eigenvalue weighted by Gasteiger charge is -2.23. The van der Waals surface area contributed by atoms with Crippen LogP contribution < -0.4 is 0 Å².